The highest BCUT2D eigenvalue weighted by Gasteiger charge is 2.08. The second-order valence-electron chi connectivity index (χ2n) is 5.18. The van der Waals surface area contributed by atoms with Crippen LogP contribution in [-0.2, 0) is 6.54 Å². The van der Waals surface area contributed by atoms with Crippen LogP contribution in [0, 0.1) is 0 Å². The van der Waals surface area contributed by atoms with Crippen molar-refractivity contribution in [3.63, 3.8) is 0 Å². The molecule has 0 fully saturated rings. The summed E-state index contributed by atoms with van der Waals surface area (Å²) in [5.74, 6) is 0.367. The van der Waals surface area contributed by atoms with Crippen LogP contribution < -0.4 is 10.6 Å². The Labute approximate surface area is 133 Å². The highest BCUT2D eigenvalue weighted by molar-refractivity contribution is 9.10. The molecule has 2 aromatic carbocycles. The number of nitrogens with one attached hydrogen (secondary N) is 2. The summed E-state index contributed by atoms with van der Waals surface area (Å²) in [5, 5.41) is 5.78. The molecule has 0 aliphatic heterocycles. The molecule has 2 amide bonds. The van der Waals surface area contributed by atoms with Crippen LogP contribution in [0.25, 0.3) is 0 Å². The number of hydrogen-bond acceptors (Lipinski definition) is 1. The second-order valence-corrected chi connectivity index (χ2v) is 6.10. The Hall–Kier alpha value is -1.81. The molecule has 3 nitrogen and oxygen atoms in total. The molecule has 0 unspecified atom stereocenters. The van der Waals surface area contributed by atoms with Crippen molar-refractivity contribution < 1.29 is 4.79 Å². The van der Waals surface area contributed by atoms with E-state index in [4.69, 9.17) is 0 Å². The number of carbonyl (C=O) groups excluding carboxylic acids is 1. The lowest BCUT2D eigenvalue weighted by molar-refractivity contribution is 0.251. The largest absolute Gasteiger partial charge is 0.334 e. The Morgan fingerprint density at radius 1 is 1.14 bits per heavy atom. The van der Waals surface area contributed by atoms with Crippen molar-refractivity contribution in [2.24, 2.45) is 0 Å². The SMILES string of the molecule is CC(C)c1ccccc1NC(=O)NCc1cccc(Br)c1. The molecule has 0 aliphatic rings. The Morgan fingerprint density at radius 3 is 2.62 bits per heavy atom. The topological polar surface area (TPSA) is 41.1 Å². The van der Waals surface area contributed by atoms with E-state index >= 15 is 0 Å². The van der Waals surface area contributed by atoms with Crippen molar-refractivity contribution in [2.75, 3.05) is 5.32 Å². The highest BCUT2D eigenvalue weighted by Crippen LogP contribution is 2.23. The van der Waals surface area contributed by atoms with Gasteiger partial charge in [0, 0.05) is 16.7 Å². The van der Waals surface area contributed by atoms with Crippen LogP contribution in [0.5, 0.6) is 0 Å². The van der Waals surface area contributed by atoms with E-state index < -0.39 is 0 Å². The summed E-state index contributed by atoms with van der Waals surface area (Å²) in [6, 6.07) is 15.6. The number of hydrogen-bond donors (Lipinski definition) is 2. The van der Waals surface area contributed by atoms with Crippen LogP contribution in [0.2, 0.25) is 0 Å². The third-order valence-electron chi connectivity index (χ3n) is 3.17. The van der Waals surface area contributed by atoms with Crippen LogP contribution in [0.1, 0.15) is 30.9 Å². The van der Waals surface area contributed by atoms with Gasteiger partial charge in [-0.2, -0.15) is 0 Å². The van der Waals surface area contributed by atoms with Crippen molar-refractivity contribution in [2.45, 2.75) is 26.3 Å². The molecule has 2 N–H and O–H groups in total. The molecule has 0 heterocycles. The quantitative estimate of drug-likeness (QED) is 0.812. The van der Waals surface area contributed by atoms with Gasteiger partial charge in [-0.05, 0) is 35.2 Å². The molecular formula is C17H19BrN2O. The Bertz CT molecular complexity index is 626. The number of carbonyl (C=O) groups is 1. The van der Waals surface area contributed by atoms with Crippen molar-refractivity contribution in [3.05, 3.63) is 64.1 Å². The fraction of sp³-hybridized carbons (Fsp3) is 0.235. The smallest absolute Gasteiger partial charge is 0.319 e. The molecule has 2 aromatic rings. The molecule has 21 heavy (non-hydrogen) atoms. The Morgan fingerprint density at radius 2 is 1.90 bits per heavy atom. The Balaban J connectivity index is 1.96. The standard InChI is InChI=1S/C17H19BrN2O/c1-12(2)15-8-3-4-9-16(15)20-17(21)19-11-13-6-5-7-14(18)10-13/h3-10,12H,11H2,1-2H3,(H2,19,20,21). The zero-order valence-electron chi connectivity index (χ0n) is 12.2. The van der Waals surface area contributed by atoms with E-state index in [1.54, 1.807) is 0 Å². The van der Waals surface area contributed by atoms with Crippen LogP contribution in [0.4, 0.5) is 10.5 Å². The van der Waals surface area contributed by atoms with Gasteiger partial charge in [0.25, 0.3) is 0 Å². The van der Waals surface area contributed by atoms with Crippen molar-refractivity contribution in [1.29, 1.82) is 0 Å². The molecule has 0 aliphatic carbocycles. The molecule has 0 saturated carbocycles. The molecule has 0 spiro atoms. The van der Waals surface area contributed by atoms with E-state index in [1.165, 1.54) is 0 Å². The van der Waals surface area contributed by atoms with Crippen LogP contribution in [-0.4, -0.2) is 6.03 Å². The molecule has 110 valence electrons. The maximum Gasteiger partial charge on any atom is 0.319 e. The monoisotopic (exact) mass is 346 g/mol. The minimum Gasteiger partial charge on any atom is -0.334 e. The van der Waals surface area contributed by atoms with Gasteiger partial charge in [0.05, 0.1) is 0 Å². The third-order valence-corrected chi connectivity index (χ3v) is 3.67. The van der Waals surface area contributed by atoms with Crippen molar-refractivity contribution >= 4 is 27.6 Å². The Kier molecular flexibility index (Phi) is 5.39. The van der Waals surface area contributed by atoms with Gasteiger partial charge in [-0.15, -0.1) is 0 Å². The van der Waals surface area contributed by atoms with Gasteiger partial charge in [0.1, 0.15) is 0 Å². The lowest BCUT2D eigenvalue weighted by Crippen LogP contribution is -2.28. The molecule has 0 atom stereocenters. The van der Waals surface area contributed by atoms with E-state index in [0.717, 1.165) is 21.3 Å². The summed E-state index contributed by atoms with van der Waals surface area (Å²) in [4.78, 5) is 12.0. The zero-order valence-corrected chi connectivity index (χ0v) is 13.8. The van der Waals surface area contributed by atoms with Crippen LogP contribution in [0.3, 0.4) is 0 Å². The molecule has 4 heteroatoms. The van der Waals surface area contributed by atoms with Gasteiger partial charge in [0.15, 0.2) is 0 Å². The van der Waals surface area contributed by atoms with Crippen LogP contribution in [0.15, 0.2) is 53.0 Å². The first-order chi connectivity index (χ1) is 10.1. The summed E-state index contributed by atoms with van der Waals surface area (Å²) in [5.41, 5.74) is 3.05. The molecule has 2 rings (SSSR count). The van der Waals surface area contributed by atoms with Gasteiger partial charge in [-0.25, -0.2) is 4.79 Å². The van der Waals surface area contributed by atoms with E-state index in [9.17, 15) is 4.79 Å². The van der Waals surface area contributed by atoms with E-state index in [-0.39, 0.29) is 6.03 Å². The lowest BCUT2D eigenvalue weighted by atomic mass is 10.0. The number of urea groups is 1. The summed E-state index contributed by atoms with van der Waals surface area (Å²) in [7, 11) is 0. The number of rotatable bonds is 4. The van der Waals surface area contributed by atoms with E-state index in [1.807, 2.05) is 48.5 Å². The van der Waals surface area contributed by atoms with Gasteiger partial charge in [-0.1, -0.05) is 60.1 Å². The number of amides is 2. The molecular weight excluding hydrogens is 328 g/mol. The van der Waals surface area contributed by atoms with Gasteiger partial charge in [0.2, 0.25) is 0 Å². The van der Waals surface area contributed by atoms with Crippen LogP contribution >= 0.6 is 15.9 Å². The molecule has 0 aromatic heterocycles. The second kappa shape index (κ2) is 7.27. The van der Waals surface area contributed by atoms with E-state index in [0.29, 0.717) is 12.5 Å². The van der Waals surface area contributed by atoms with Gasteiger partial charge >= 0.3 is 6.03 Å². The minimum atomic E-state index is -0.192. The maximum atomic E-state index is 12.0. The summed E-state index contributed by atoms with van der Waals surface area (Å²) >= 11 is 3.42. The first-order valence-electron chi connectivity index (χ1n) is 6.94. The predicted molar refractivity (Wildman–Crippen MR) is 90.5 cm³/mol. The first-order valence-corrected chi connectivity index (χ1v) is 7.74. The van der Waals surface area contributed by atoms with Gasteiger partial charge < -0.3 is 10.6 Å². The molecule has 0 radical (unpaired) electrons. The predicted octanol–water partition coefficient (Wildman–Crippen LogP) is 4.89. The first kappa shape index (κ1) is 15.6. The number of para-hydroxylation sites is 1. The summed E-state index contributed by atoms with van der Waals surface area (Å²) in [6.07, 6.45) is 0. The third kappa shape index (κ3) is 4.60. The number of anilines is 1. The zero-order chi connectivity index (χ0) is 15.2. The minimum absolute atomic E-state index is 0.192. The number of benzene rings is 2. The average Bonchev–Trinajstić information content (AvgIpc) is 2.45. The van der Waals surface area contributed by atoms with Gasteiger partial charge in [-0.3, -0.25) is 0 Å². The molecule has 0 bridgehead atoms. The summed E-state index contributed by atoms with van der Waals surface area (Å²) in [6.45, 7) is 4.72. The highest BCUT2D eigenvalue weighted by atomic mass is 79.9. The summed E-state index contributed by atoms with van der Waals surface area (Å²) < 4.78 is 1.01. The van der Waals surface area contributed by atoms with Crippen molar-refractivity contribution in [1.82, 2.24) is 5.32 Å². The molecule has 0 saturated heterocycles. The van der Waals surface area contributed by atoms with Crippen molar-refractivity contribution in [3.8, 4) is 0 Å². The average molecular weight is 347 g/mol. The lowest BCUT2D eigenvalue weighted by Gasteiger charge is -2.14. The fourth-order valence-electron chi connectivity index (χ4n) is 2.11. The van der Waals surface area contributed by atoms with E-state index in [2.05, 4.69) is 40.4 Å². The maximum absolute atomic E-state index is 12.0. The number of halogens is 1. The fourth-order valence-corrected chi connectivity index (χ4v) is 2.56. The normalized spacial score (nSPS) is 10.5.